The fraction of sp³-hybridized carbons (Fsp3) is 0.302. The Hall–Kier alpha value is -4.08. The fourth-order valence-electron chi connectivity index (χ4n) is 9.04. The van der Waals surface area contributed by atoms with E-state index in [9.17, 15) is 0 Å². The molecule has 1 saturated carbocycles. The van der Waals surface area contributed by atoms with Crippen molar-refractivity contribution in [2.24, 2.45) is 5.92 Å². The first-order chi connectivity index (χ1) is 22.3. The number of benzene rings is 3. The fourth-order valence-corrected chi connectivity index (χ4v) is 10.7. The van der Waals surface area contributed by atoms with Gasteiger partial charge in [-0.3, -0.25) is 0 Å². The smallest absolute Gasteiger partial charge is 0.191 e. The molecule has 4 atom stereocenters. The van der Waals surface area contributed by atoms with Gasteiger partial charge < -0.3 is 0 Å². The van der Waals surface area contributed by atoms with Crippen molar-refractivity contribution >= 4 is 13.3 Å². The van der Waals surface area contributed by atoms with Gasteiger partial charge in [0.15, 0.2) is 24.5 Å². The monoisotopic (exact) mass is 618 g/mol. The summed E-state index contributed by atoms with van der Waals surface area (Å²) >= 11 is 0. The van der Waals surface area contributed by atoms with Crippen molar-refractivity contribution in [2.75, 3.05) is 0 Å². The van der Waals surface area contributed by atoms with E-state index in [0.717, 1.165) is 5.92 Å². The number of nitrogens with zero attached hydrogens (tertiary/aromatic N) is 2. The van der Waals surface area contributed by atoms with Crippen LogP contribution in [0.15, 0.2) is 122 Å². The minimum absolute atomic E-state index is 0.126. The molecular formula is C43H46N2Si+2. The summed E-state index contributed by atoms with van der Waals surface area (Å²) in [5.74, 6) is 1.59. The van der Waals surface area contributed by atoms with Gasteiger partial charge in [0, 0.05) is 28.9 Å². The number of hydrogen-bond donors (Lipinski definition) is 0. The second-order valence-corrected chi connectivity index (χ2v) is 20.0. The van der Waals surface area contributed by atoms with Crippen molar-refractivity contribution in [3.05, 3.63) is 139 Å². The largest absolute Gasteiger partial charge is 0.214 e. The van der Waals surface area contributed by atoms with Crippen LogP contribution in [-0.2, 0) is 0 Å². The Balaban J connectivity index is 1.33. The van der Waals surface area contributed by atoms with Gasteiger partial charge in [0.2, 0.25) is 11.4 Å². The third-order valence-electron chi connectivity index (χ3n) is 11.4. The zero-order valence-corrected chi connectivity index (χ0v) is 28.8. The molecule has 2 nitrogen and oxygen atoms in total. The predicted octanol–water partition coefficient (Wildman–Crippen LogP) is 9.53. The standard InChI is InChI=1S/C43H46N2Si/c1-6-38-42(43-36-23-15-13-21-34(36)39-26-32(24-25-44(39)43)31-18-8-7-9-19-31)35-22-14-12-20-33(35)40-27-37(29(2)30-16-10-11-17-30)41(28-45(38)40)46(3,4)5/h6-9,12-15,18-30,38,42-43H,1,10-11,16-17H2,2-5H3/q+2. The van der Waals surface area contributed by atoms with E-state index in [1.165, 1.54) is 70.5 Å². The van der Waals surface area contributed by atoms with Gasteiger partial charge in [-0.05, 0) is 65.1 Å². The van der Waals surface area contributed by atoms with E-state index in [1.807, 2.05) is 0 Å². The molecule has 0 spiro atoms. The van der Waals surface area contributed by atoms with E-state index < -0.39 is 8.07 Å². The zero-order chi connectivity index (χ0) is 31.6. The molecule has 46 heavy (non-hydrogen) atoms. The van der Waals surface area contributed by atoms with Crippen LogP contribution in [0, 0.1) is 5.92 Å². The molecule has 1 fully saturated rings. The molecule has 0 radical (unpaired) electrons. The van der Waals surface area contributed by atoms with Gasteiger partial charge in [-0.1, -0.05) is 113 Å². The maximum atomic E-state index is 4.54. The lowest BCUT2D eigenvalue weighted by Crippen LogP contribution is -2.56. The molecule has 4 heterocycles. The number of pyridine rings is 2. The summed E-state index contributed by atoms with van der Waals surface area (Å²) in [6.45, 7) is 14.6. The highest BCUT2D eigenvalue weighted by atomic mass is 28.3. The molecule has 1 aliphatic carbocycles. The van der Waals surface area contributed by atoms with E-state index in [4.69, 9.17) is 0 Å². The van der Waals surface area contributed by atoms with Gasteiger partial charge in [-0.15, -0.1) is 0 Å². The van der Waals surface area contributed by atoms with E-state index in [0.29, 0.717) is 5.92 Å². The molecule has 2 aromatic heterocycles. The van der Waals surface area contributed by atoms with Crippen LogP contribution < -0.4 is 14.3 Å². The minimum Gasteiger partial charge on any atom is -0.191 e. The van der Waals surface area contributed by atoms with Crippen LogP contribution in [0.2, 0.25) is 19.6 Å². The van der Waals surface area contributed by atoms with E-state index >= 15 is 0 Å². The summed E-state index contributed by atoms with van der Waals surface area (Å²) in [5, 5.41) is 1.62. The van der Waals surface area contributed by atoms with Crippen LogP contribution in [0.25, 0.3) is 33.6 Å². The maximum absolute atomic E-state index is 4.54. The maximum Gasteiger partial charge on any atom is 0.214 e. The number of fused-ring (bicyclic) bond motifs is 6. The number of allylic oxidation sites excluding steroid dienone is 1. The summed E-state index contributed by atoms with van der Waals surface area (Å²) < 4.78 is 5.18. The van der Waals surface area contributed by atoms with Crippen LogP contribution in [0.4, 0.5) is 0 Å². The predicted molar refractivity (Wildman–Crippen MR) is 193 cm³/mol. The van der Waals surface area contributed by atoms with Crippen LogP contribution in [-0.4, -0.2) is 8.07 Å². The summed E-state index contributed by atoms with van der Waals surface area (Å²) in [4.78, 5) is 0. The van der Waals surface area contributed by atoms with Crippen LogP contribution in [0.5, 0.6) is 0 Å². The Kier molecular flexibility index (Phi) is 7.21. The average molecular weight is 619 g/mol. The third-order valence-corrected chi connectivity index (χ3v) is 13.4. The lowest BCUT2D eigenvalue weighted by Gasteiger charge is -2.33. The summed E-state index contributed by atoms with van der Waals surface area (Å²) in [6, 6.07) is 36.7. The summed E-state index contributed by atoms with van der Waals surface area (Å²) in [5.41, 5.74) is 12.3. The lowest BCUT2D eigenvalue weighted by atomic mass is 9.76. The zero-order valence-electron chi connectivity index (χ0n) is 27.8. The van der Waals surface area contributed by atoms with Crippen molar-refractivity contribution in [3.63, 3.8) is 0 Å². The molecule has 230 valence electrons. The SMILES string of the molecule is C=CC1C(C2c3ccccc3-c3cc(-c4ccccc4)cc[n+]32)c2ccccc2-c2cc(C(C)C3CCCC3)c([Si](C)(C)C)c[n+]21. The number of hydrogen-bond acceptors (Lipinski definition) is 0. The molecule has 5 aromatic rings. The molecule has 0 saturated heterocycles. The molecule has 0 N–H and O–H groups in total. The molecule has 3 aromatic carbocycles. The second-order valence-electron chi connectivity index (χ2n) is 15.0. The minimum atomic E-state index is -1.65. The Labute approximate surface area is 276 Å². The van der Waals surface area contributed by atoms with Crippen molar-refractivity contribution in [3.8, 4) is 33.6 Å². The van der Waals surface area contributed by atoms with Gasteiger partial charge in [0.05, 0.1) is 19.2 Å². The molecule has 3 heteroatoms. The molecule has 4 unspecified atom stereocenters. The van der Waals surface area contributed by atoms with Gasteiger partial charge in [0.25, 0.3) is 0 Å². The molecule has 0 amide bonds. The molecule has 2 aliphatic heterocycles. The van der Waals surface area contributed by atoms with E-state index in [1.54, 1.807) is 10.8 Å². The van der Waals surface area contributed by atoms with Gasteiger partial charge in [-0.25, -0.2) is 0 Å². The quantitative estimate of drug-likeness (QED) is 0.102. The Morgan fingerprint density at radius 2 is 1.37 bits per heavy atom. The Morgan fingerprint density at radius 1 is 0.739 bits per heavy atom. The first-order valence-electron chi connectivity index (χ1n) is 17.4. The topological polar surface area (TPSA) is 7.76 Å². The summed E-state index contributed by atoms with van der Waals surface area (Å²) in [6.07, 6.45) is 12.7. The van der Waals surface area contributed by atoms with Crippen LogP contribution in [0.3, 0.4) is 0 Å². The normalized spacial score (nSPS) is 20.8. The third kappa shape index (κ3) is 4.66. The van der Waals surface area contributed by atoms with Crippen molar-refractivity contribution < 1.29 is 9.13 Å². The van der Waals surface area contributed by atoms with Gasteiger partial charge in [0.1, 0.15) is 5.92 Å². The highest BCUT2D eigenvalue weighted by Gasteiger charge is 2.52. The van der Waals surface area contributed by atoms with E-state index in [2.05, 4.69) is 158 Å². The van der Waals surface area contributed by atoms with E-state index in [-0.39, 0.29) is 18.0 Å². The van der Waals surface area contributed by atoms with Crippen molar-refractivity contribution in [1.29, 1.82) is 0 Å². The second kappa shape index (κ2) is 11.3. The van der Waals surface area contributed by atoms with Crippen molar-refractivity contribution in [1.82, 2.24) is 0 Å². The van der Waals surface area contributed by atoms with Gasteiger partial charge in [-0.2, -0.15) is 9.13 Å². The molecular weight excluding hydrogens is 573 g/mol. The Morgan fingerprint density at radius 3 is 2.07 bits per heavy atom. The summed E-state index contributed by atoms with van der Waals surface area (Å²) in [7, 11) is -1.65. The number of rotatable bonds is 6. The average Bonchev–Trinajstić information content (AvgIpc) is 3.74. The highest BCUT2D eigenvalue weighted by molar-refractivity contribution is 6.89. The highest BCUT2D eigenvalue weighted by Crippen LogP contribution is 2.50. The van der Waals surface area contributed by atoms with Crippen LogP contribution >= 0.6 is 0 Å². The van der Waals surface area contributed by atoms with Crippen LogP contribution in [0.1, 0.15) is 73.2 Å². The molecule has 8 rings (SSSR count). The number of aromatic nitrogens is 2. The Bertz CT molecular complexity index is 1950. The first-order valence-corrected chi connectivity index (χ1v) is 20.9. The van der Waals surface area contributed by atoms with Crippen molar-refractivity contribution in [2.45, 2.75) is 76.2 Å². The lowest BCUT2D eigenvalue weighted by molar-refractivity contribution is -0.738. The molecule has 3 aliphatic rings. The van der Waals surface area contributed by atoms with Gasteiger partial charge >= 0.3 is 0 Å². The molecule has 0 bridgehead atoms. The first kappa shape index (κ1) is 29.3.